The Labute approximate surface area is 102 Å². The van der Waals surface area contributed by atoms with Gasteiger partial charge in [0.1, 0.15) is 0 Å². The topological polar surface area (TPSA) is 40.7 Å². The van der Waals surface area contributed by atoms with E-state index in [1.54, 1.807) is 0 Å². The van der Waals surface area contributed by atoms with Crippen molar-refractivity contribution in [3.63, 3.8) is 0 Å². The summed E-state index contributed by atoms with van der Waals surface area (Å²) in [4.78, 5) is 0. The maximum absolute atomic E-state index is 4.05. The van der Waals surface area contributed by atoms with E-state index in [1.807, 2.05) is 6.20 Å². The number of aromatic nitrogens is 2. The molecular weight excluding hydrogens is 210 g/mol. The average Bonchev–Trinajstić information content (AvgIpc) is 2.65. The van der Waals surface area contributed by atoms with Crippen LogP contribution in [0.3, 0.4) is 0 Å². The van der Waals surface area contributed by atoms with Crippen molar-refractivity contribution in [2.24, 2.45) is 0 Å². The summed E-state index contributed by atoms with van der Waals surface area (Å²) in [5.41, 5.74) is 2.34. The van der Waals surface area contributed by atoms with Gasteiger partial charge in [0, 0.05) is 17.1 Å². The van der Waals surface area contributed by atoms with Crippen LogP contribution >= 0.6 is 0 Å². The number of anilines is 1. The van der Waals surface area contributed by atoms with Gasteiger partial charge in [0.05, 0.1) is 11.7 Å². The third-order valence-electron chi connectivity index (χ3n) is 3.67. The molecule has 90 valence electrons. The van der Waals surface area contributed by atoms with Gasteiger partial charge in [0.25, 0.3) is 0 Å². The minimum absolute atomic E-state index is 0.654. The van der Waals surface area contributed by atoms with Crippen LogP contribution in [0.4, 0.5) is 5.69 Å². The number of rotatable bonds is 2. The lowest BCUT2D eigenvalue weighted by molar-refractivity contribution is 0.620. The molecule has 1 aromatic heterocycles. The van der Waals surface area contributed by atoms with Gasteiger partial charge in [0.15, 0.2) is 0 Å². The molecule has 3 nitrogen and oxygen atoms in total. The maximum atomic E-state index is 4.05. The summed E-state index contributed by atoms with van der Waals surface area (Å²) in [6.45, 7) is 0. The molecule has 1 aliphatic rings. The second-order valence-corrected chi connectivity index (χ2v) is 5.00. The second kappa shape index (κ2) is 4.78. The van der Waals surface area contributed by atoms with Gasteiger partial charge in [-0.15, -0.1) is 0 Å². The fraction of sp³-hybridized carbons (Fsp3) is 0.500. The number of nitrogens with one attached hydrogen (secondary N) is 2. The zero-order chi connectivity index (χ0) is 11.5. The summed E-state index contributed by atoms with van der Waals surface area (Å²) >= 11 is 0. The molecule has 0 aliphatic heterocycles. The highest BCUT2D eigenvalue weighted by Crippen LogP contribution is 2.23. The highest BCUT2D eigenvalue weighted by molar-refractivity contribution is 5.81. The summed E-state index contributed by atoms with van der Waals surface area (Å²) in [6, 6.07) is 7.08. The first-order valence-electron chi connectivity index (χ1n) is 6.61. The molecule has 1 heterocycles. The molecule has 3 heteroatoms. The number of benzene rings is 1. The van der Waals surface area contributed by atoms with Gasteiger partial charge in [-0.05, 0) is 31.0 Å². The van der Waals surface area contributed by atoms with Crippen molar-refractivity contribution in [1.82, 2.24) is 10.2 Å². The molecule has 0 spiro atoms. The zero-order valence-electron chi connectivity index (χ0n) is 10.1. The third-order valence-corrected chi connectivity index (χ3v) is 3.67. The van der Waals surface area contributed by atoms with Crippen molar-refractivity contribution in [1.29, 1.82) is 0 Å². The van der Waals surface area contributed by atoms with Crippen LogP contribution in [0.1, 0.15) is 38.5 Å². The summed E-state index contributed by atoms with van der Waals surface area (Å²) in [5, 5.41) is 11.9. The first-order valence-corrected chi connectivity index (χ1v) is 6.61. The minimum atomic E-state index is 0.654. The second-order valence-electron chi connectivity index (χ2n) is 5.00. The average molecular weight is 229 g/mol. The number of aromatic amines is 1. The molecule has 3 rings (SSSR count). The fourth-order valence-corrected chi connectivity index (χ4v) is 2.69. The van der Waals surface area contributed by atoms with Crippen LogP contribution in [0.15, 0.2) is 24.4 Å². The van der Waals surface area contributed by atoms with E-state index in [1.165, 1.54) is 49.6 Å². The van der Waals surface area contributed by atoms with Gasteiger partial charge >= 0.3 is 0 Å². The highest BCUT2D eigenvalue weighted by Gasteiger charge is 2.11. The minimum Gasteiger partial charge on any atom is -0.382 e. The molecule has 2 aromatic rings. The van der Waals surface area contributed by atoms with E-state index < -0.39 is 0 Å². The number of hydrogen-bond donors (Lipinski definition) is 2. The summed E-state index contributed by atoms with van der Waals surface area (Å²) in [5.74, 6) is 0. The van der Waals surface area contributed by atoms with Crippen LogP contribution in [-0.2, 0) is 0 Å². The van der Waals surface area contributed by atoms with E-state index in [4.69, 9.17) is 0 Å². The van der Waals surface area contributed by atoms with Crippen LogP contribution in [0.2, 0.25) is 0 Å². The van der Waals surface area contributed by atoms with Crippen molar-refractivity contribution in [2.45, 2.75) is 44.6 Å². The molecule has 0 atom stereocenters. The van der Waals surface area contributed by atoms with E-state index >= 15 is 0 Å². The monoisotopic (exact) mass is 229 g/mol. The van der Waals surface area contributed by atoms with Gasteiger partial charge < -0.3 is 5.32 Å². The van der Waals surface area contributed by atoms with Crippen LogP contribution in [0.25, 0.3) is 10.9 Å². The van der Waals surface area contributed by atoms with Gasteiger partial charge in [-0.1, -0.05) is 25.7 Å². The first kappa shape index (κ1) is 10.6. The van der Waals surface area contributed by atoms with Crippen molar-refractivity contribution in [3.05, 3.63) is 24.4 Å². The SMILES string of the molecule is c1cc2[nH]ncc2cc1NC1CCCCCC1. The fourth-order valence-electron chi connectivity index (χ4n) is 2.69. The normalized spacial score (nSPS) is 18.1. The molecule has 0 bridgehead atoms. The Morgan fingerprint density at radius 1 is 1.12 bits per heavy atom. The van der Waals surface area contributed by atoms with Crippen molar-refractivity contribution in [3.8, 4) is 0 Å². The Morgan fingerprint density at radius 3 is 2.76 bits per heavy atom. The quantitative estimate of drug-likeness (QED) is 0.771. The Balaban J connectivity index is 1.74. The molecule has 0 saturated heterocycles. The molecule has 1 aliphatic carbocycles. The molecule has 1 fully saturated rings. The van der Waals surface area contributed by atoms with E-state index in [0.717, 1.165) is 5.52 Å². The zero-order valence-corrected chi connectivity index (χ0v) is 10.1. The third kappa shape index (κ3) is 2.43. The number of fused-ring (bicyclic) bond motifs is 1. The predicted octanol–water partition coefficient (Wildman–Crippen LogP) is 3.70. The molecule has 0 amide bonds. The Hall–Kier alpha value is -1.51. The van der Waals surface area contributed by atoms with Crippen LogP contribution in [-0.4, -0.2) is 16.2 Å². The van der Waals surface area contributed by atoms with E-state index in [2.05, 4.69) is 33.7 Å². The standard InChI is InChI=1S/C14H19N3/c1-2-4-6-12(5-3-1)16-13-7-8-14-11(9-13)10-15-17-14/h7-10,12,16H,1-6H2,(H,15,17). The van der Waals surface area contributed by atoms with Crippen molar-refractivity contribution >= 4 is 16.6 Å². The van der Waals surface area contributed by atoms with E-state index in [-0.39, 0.29) is 0 Å². The lowest BCUT2D eigenvalue weighted by Crippen LogP contribution is -2.17. The van der Waals surface area contributed by atoms with Crippen LogP contribution in [0, 0.1) is 0 Å². The van der Waals surface area contributed by atoms with Crippen molar-refractivity contribution in [2.75, 3.05) is 5.32 Å². The smallest absolute Gasteiger partial charge is 0.0651 e. The number of hydrogen-bond acceptors (Lipinski definition) is 2. The number of H-pyrrole nitrogens is 1. The van der Waals surface area contributed by atoms with Gasteiger partial charge in [-0.25, -0.2) is 0 Å². The molecule has 1 saturated carbocycles. The van der Waals surface area contributed by atoms with Crippen LogP contribution in [0.5, 0.6) is 0 Å². The molecular formula is C14H19N3. The van der Waals surface area contributed by atoms with Gasteiger partial charge in [-0.2, -0.15) is 5.10 Å². The Bertz CT molecular complexity index is 481. The first-order chi connectivity index (χ1) is 8.42. The van der Waals surface area contributed by atoms with Crippen molar-refractivity contribution < 1.29 is 0 Å². The van der Waals surface area contributed by atoms with Crippen LogP contribution < -0.4 is 5.32 Å². The van der Waals surface area contributed by atoms with Gasteiger partial charge in [0.2, 0.25) is 0 Å². The Morgan fingerprint density at radius 2 is 1.94 bits per heavy atom. The molecule has 2 N–H and O–H groups in total. The number of nitrogens with zero attached hydrogens (tertiary/aromatic N) is 1. The summed E-state index contributed by atoms with van der Waals surface area (Å²) < 4.78 is 0. The van der Waals surface area contributed by atoms with E-state index in [9.17, 15) is 0 Å². The molecule has 17 heavy (non-hydrogen) atoms. The molecule has 0 unspecified atom stereocenters. The summed E-state index contributed by atoms with van der Waals surface area (Å²) in [7, 11) is 0. The van der Waals surface area contributed by atoms with E-state index in [0.29, 0.717) is 6.04 Å². The predicted molar refractivity (Wildman–Crippen MR) is 71.2 cm³/mol. The van der Waals surface area contributed by atoms with Gasteiger partial charge in [-0.3, -0.25) is 5.10 Å². The lowest BCUT2D eigenvalue weighted by atomic mass is 10.1. The largest absolute Gasteiger partial charge is 0.382 e. The Kier molecular flexibility index (Phi) is 2.99. The molecule has 1 aromatic carbocycles. The summed E-state index contributed by atoms with van der Waals surface area (Å²) in [6.07, 6.45) is 10.0. The maximum Gasteiger partial charge on any atom is 0.0651 e. The molecule has 0 radical (unpaired) electrons. The lowest BCUT2D eigenvalue weighted by Gasteiger charge is -2.17. The highest BCUT2D eigenvalue weighted by atomic mass is 15.1.